The Morgan fingerprint density at radius 3 is 2.73 bits per heavy atom. The van der Waals surface area contributed by atoms with Crippen LogP contribution in [-0.4, -0.2) is 11.9 Å². The van der Waals surface area contributed by atoms with Crippen LogP contribution in [0.4, 0.5) is 0 Å². The minimum atomic E-state index is 0.0396. The summed E-state index contributed by atoms with van der Waals surface area (Å²) in [4.78, 5) is 0. The molecule has 0 aliphatic carbocycles. The molecule has 4 N–H and O–H groups in total. The lowest BCUT2D eigenvalue weighted by molar-refractivity contribution is 0.242. The maximum atomic E-state index is 7.49. The van der Waals surface area contributed by atoms with E-state index in [2.05, 4.69) is 5.43 Å². The molecule has 0 unspecified atom stereocenters. The van der Waals surface area contributed by atoms with Crippen LogP contribution in [0.25, 0.3) is 0 Å². The van der Waals surface area contributed by atoms with Gasteiger partial charge in [-0.3, -0.25) is 5.41 Å². The molecule has 0 aliphatic rings. The molecular weight excluding hydrogens is 214 g/mol. The monoisotopic (exact) mass is 227 g/mol. The second-order valence-electron chi connectivity index (χ2n) is 3.33. The summed E-state index contributed by atoms with van der Waals surface area (Å²) in [6.07, 6.45) is 0.0396. The highest BCUT2D eigenvalue weighted by Crippen LogP contribution is 2.26. The molecule has 1 aromatic carbocycles. The maximum Gasteiger partial charge on any atom is 0.139 e. The number of hydrazine groups is 1. The highest BCUT2D eigenvalue weighted by molar-refractivity contribution is 6.32. The Morgan fingerprint density at radius 2 is 2.20 bits per heavy atom. The number of rotatable bonds is 3. The third kappa shape index (κ3) is 3.11. The van der Waals surface area contributed by atoms with E-state index in [0.29, 0.717) is 16.3 Å². The average Bonchev–Trinajstić information content (AvgIpc) is 2.19. The summed E-state index contributed by atoms with van der Waals surface area (Å²) in [5.74, 6) is 5.83. The van der Waals surface area contributed by atoms with E-state index in [9.17, 15) is 0 Å². The molecule has 1 aromatic rings. The third-order valence-electron chi connectivity index (χ3n) is 1.73. The summed E-state index contributed by atoms with van der Waals surface area (Å²) in [6, 6.07) is 5.07. The van der Waals surface area contributed by atoms with Gasteiger partial charge in [-0.05, 0) is 32.0 Å². The van der Waals surface area contributed by atoms with Gasteiger partial charge in [0.25, 0.3) is 0 Å². The van der Waals surface area contributed by atoms with Gasteiger partial charge in [0, 0.05) is 5.56 Å². The molecule has 4 nitrogen and oxygen atoms in total. The normalized spacial score (nSPS) is 10.2. The second kappa shape index (κ2) is 5.00. The minimum absolute atomic E-state index is 0.0396. The number of nitrogens with two attached hydrogens (primary N) is 1. The van der Waals surface area contributed by atoms with Crippen molar-refractivity contribution >= 4 is 17.4 Å². The van der Waals surface area contributed by atoms with E-state index in [1.165, 1.54) is 0 Å². The first-order valence-electron chi connectivity index (χ1n) is 4.56. The summed E-state index contributed by atoms with van der Waals surface area (Å²) < 4.78 is 5.48. The Hall–Kier alpha value is -1.26. The number of hydrogen-bond acceptors (Lipinski definition) is 3. The Morgan fingerprint density at radius 1 is 1.53 bits per heavy atom. The molecule has 15 heavy (non-hydrogen) atoms. The van der Waals surface area contributed by atoms with Crippen molar-refractivity contribution < 1.29 is 4.74 Å². The first kappa shape index (κ1) is 11.8. The van der Waals surface area contributed by atoms with E-state index >= 15 is 0 Å². The Bertz CT molecular complexity index is 366. The topological polar surface area (TPSA) is 71.1 Å². The predicted molar refractivity (Wildman–Crippen MR) is 61.4 cm³/mol. The molecule has 0 fully saturated rings. The first-order valence-corrected chi connectivity index (χ1v) is 4.94. The lowest BCUT2D eigenvalue weighted by Gasteiger charge is -2.12. The van der Waals surface area contributed by atoms with Crippen molar-refractivity contribution in [3.8, 4) is 5.75 Å². The van der Waals surface area contributed by atoms with Crippen LogP contribution in [0.1, 0.15) is 19.4 Å². The molecule has 1 rings (SSSR count). The Balaban J connectivity index is 2.99. The van der Waals surface area contributed by atoms with Crippen molar-refractivity contribution in [3.63, 3.8) is 0 Å². The number of nitrogens with one attached hydrogen (secondary N) is 2. The van der Waals surface area contributed by atoms with Gasteiger partial charge in [0.05, 0.1) is 11.1 Å². The molecule has 0 aliphatic heterocycles. The highest BCUT2D eigenvalue weighted by Gasteiger charge is 2.07. The largest absolute Gasteiger partial charge is 0.489 e. The molecule has 5 heteroatoms. The molecule has 0 spiro atoms. The van der Waals surface area contributed by atoms with Gasteiger partial charge in [0.2, 0.25) is 0 Å². The van der Waals surface area contributed by atoms with E-state index in [4.69, 9.17) is 27.6 Å². The van der Waals surface area contributed by atoms with Gasteiger partial charge < -0.3 is 10.2 Å². The Kier molecular flexibility index (Phi) is 3.94. The summed E-state index contributed by atoms with van der Waals surface area (Å²) in [7, 11) is 0. The lowest BCUT2D eigenvalue weighted by atomic mass is 10.2. The fourth-order valence-corrected chi connectivity index (χ4v) is 1.25. The quantitative estimate of drug-likeness (QED) is 0.320. The van der Waals surface area contributed by atoms with Crippen molar-refractivity contribution in [3.05, 3.63) is 28.8 Å². The van der Waals surface area contributed by atoms with E-state index < -0.39 is 0 Å². The second-order valence-corrected chi connectivity index (χ2v) is 3.74. The van der Waals surface area contributed by atoms with Crippen LogP contribution in [0.2, 0.25) is 5.02 Å². The SMILES string of the molecule is CC(C)Oc1cc(C(=N)NN)ccc1Cl. The number of hydrogen-bond donors (Lipinski definition) is 3. The van der Waals surface area contributed by atoms with Crippen LogP contribution in [0.5, 0.6) is 5.75 Å². The fraction of sp³-hybridized carbons (Fsp3) is 0.300. The van der Waals surface area contributed by atoms with Crippen LogP contribution in [0.3, 0.4) is 0 Å². The van der Waals surface area contributed by atoms with Crippen molar-refractivity contribution in [2.75, 3.05) is 0 Å². The number of ether oxygens (including phenoxy) is 1. The van der Waals surface area contributed by atoms with Crippen molar-refractivity contribution in [1.82, 2.24) is 5.43 Å². The van der Waals surface area contributed by atoms with Gasteiger partial charge in [-0.2, -0.15) is 0 Å². The van der Waals surface area contributed by atoms with Crippen molar-refractivity contribution in [2.45, 2.75) is 20.0 Å². The predicted octanol–water partition coefficient (Wildman–Crippen LogP) is 1.92. The van der Waals surface area contributed by atoms with Crippen molar-refractivity contribution in [2.24, 2.45) is 5.84 Å². The summed E-state index contributed by atoms with van der Waals surface area (Å²) in [5.41, 5.74) is 2.90. The molecular formula is C10H14ClN3O. The van der Waals surface area contributed by atoms with E-state index in [1.54, 1.807) is 18.2 Å². The molecule has 0 amide bonds. The van der Waals surface area contributed by atoms with Gasteiger partial charge >= 0.3 is 0 Å². The molecule has 82 valence electrons. The van der Waals surface area contributed by atoms with Crippen LogP contribution in [-0.2, 0) is 0 Å². The Labute approximate surface area is 93.9 Å². The average molecular weight is 228 g/mol. The molecule has 0 heterocycles. The summed E-state index contributed by atoms with van der Waals surface area (Å²) in [6.45, 7) is 3.82. The molecule has 0 bridgehead atoms. The maximum absolute atomic E-state index is 7.49. The standard InChI is InChI=1S/C10H14ClN3O/c1-6(2)15-9-5-7(10(12)14-13)3-4-8(9)11/h3-6H,13H2,1-2H3,(H2,12,14). The number of halogens is 1. The first-order chi connectivity index (χ1) is 7.04. The third-order valence-corrected chi connectivity index (χ3v) is 2.04. The number of amidine groups is 1. The summed E-state index contributed by atoms with van der Waals surface area (Å²) >= 11 is 5.94. The fourth-order valence-electron chi connectivity index (χ4n) is 1.09. The van der Waals surface area contributed by atoms with Gasteiger partial charge in [-0.1, -0.05) is 11.6 Å². The molecule has 0 saturated heterocycles. The molecule has 0 atom stereocenters. The van der Waals surface area contributed by atoms with Gasteiger partial charge in [0.15, 0.2) is 0 Å². The van der Waals surface area contributed by atoms with E-state index in [-0.39, 0.29) is 11.9 Å². The molecule has 0 radical (unpaired) electrons. The zero-order valence-electron chi connectivity index (χ0n) is 8.67. The van der Waals surface area contributed by atoms with Gasteiger partial charge in [0.1, 0.15) is 11.6 Å². The highest BCUT2D eigenvalue weighted by atomic mass is 35.5. The number of benzene rings is 1. The van der Waals surface area contributed by atoms with Crippen LogP contribution in [0.15, 0.2) is 18.2 Å². The minimum Gasteiger partial charge on any atom is -0.489 e. The van der Waals surface area contributed by atoms with E-state index in [0.717, 1.165) is 0 Å². The molecule has 0 aromatic heterocycles. The van der Waals surface area contributed by atoms with Crippen molar-refractivity contribution in [1.29, 1.82) is 5.41 Å². The van der Waals surface area contributed by atoms with Gasteiger partial charge in [-0.15, -0.1) is 0 Å². The van der Waals surface area contributed by atoms with E-state index in [1.807, 2.05) is 13.8 Å². The van der Waals surface area contributed by atoms with Crippen LogP contribution < -0.4 is 16.0 Å². The smallest absolute Gasteiger partial charge is 0.139 e. The van der Waals surface area contributed by atoms with Crippen LogP contribution in [0, 0.1) is 5.41 Å². The zero-order chi connectivity index (χ0) is 11.4. The van der Waals surface area contributed by atoms with Gasteiger partial charge in [-0.25, -0.2) is 5.84 Å². The summed E-state index contributed by atoms with van der Waals surface area (Å²) in [5, 5.41) is 8.02. The van der Waals surface area contributed by atoms with Crippen LogP contribution >= 0.6 is 11.6 Å². The molecule has 0 saturated carbocycles. The lowest BCUT2D eigenvalue weighted by Crippen LogP contribution is -2.30. The zero-order valence-corrected chi connectivity index (χ0v) is 9.43.